The van der Waals surface area contributed by atoms with E-state index in [1.165, 1.54) is 0 Å². The van der Waals surface area contributed by atoms with Crippen LogP contribution in [0.25, 0.3) is 0 Å². The number of ether oxygens (including phenoxy) is 1. The first-order valence-electron chi connectivity index (χ1n) is 10.0. The molecule has 0 unspecified atom stereocenters. The molecule has 3 rings (SSSR count). The minimum absolute atomic E-state index is 0.00151. The highest BCUT2D eigenvalue weighted by Crippen LogP contribution is 2.30. The molecule has 2 aromatic rings. The maximum Gasteiger partial charge on any atom is 0.269 e. The number of thiocarbonyl (C=S) groups is 1. The van der Waals surface area contributed by atoms with Crippen LogP contribution in [0, 0.1) is 5.92 Å². The molecule has 0 heterocycles. The number of carbonyl (C=O) groups excluding carboxylic acids is 3. The average molecular weight is 441 g/mol. The second-order valence-corrected chi connectivity index (χ2v) is 7.46. The Balaban J connectivity index is 1.48. The lowest BCUT2D eigenvalue weighted by molar-refractivity contribution is -0.117. The van der Waals surface area contributed by atoms with Gasteiger partial charge < -0.3 is 10.1 Å². The smallest absolute Gasteiger partial charge is 0.269 e. The standard InChI is InChI=1S/C22H24N4O4S/c1-2-13-30-18-6-4-3-5-17(18)21(29)24-22(31)26-25-20(28)15-9-11-16(12-10-15)23-19(27)14-7-8-14/h3-6,9-12,14H,2,7-8,13H2,1H3,(H,23,27)(H,25,28)(H2,24,26,29,31). The van der Waals surface area contributed by atoms with Gasteiger partial charge in [0.2, 0.25) is 5.91 Å². The van der Waals surface area contributed by atoms with Crippen molar-refractivity contribution in [2.45, 2.75) is 26.2 Å². The fraction of sp³-hybridized carbons (Fsp3) is 0.273. The summed E-state index contributed by atoms with van der Waals surface area (Å²) in [5.41, 5.74) is 6.27. The molecule has 4 N–H and O–H groups in total. The Morgan fingerprint density at radius 2 is 1.71 bits per heavy atom. The van der Waals surface area contributed by atoms with Crippen LogP contribution in [0.2, 0.25) is 0 Å². The van der Waals surface area contributed by atoms with Gasteiger partial charge in [0, 0.05) is 17.2 Å². The Morgan fingerprint density at radius 3 is 2.39 bits per heavy atom. The van der Waals surface area contributed by atoms with Crippen LogP contribution < -0.4 is 26.2 Å². The summed E-state index contributed by atoms with van der Waals surface area (Å²) in [6.07, 6.45) is 2.66. The Morgan fingerprint density at radius 1 is 1.00 bits per heavy atom. The normalized spacial score (nSPS) is 12.4. The number of hydrazine groups is 1. The number of nitrogens with one attached hydrogen (secondary N) is 4. The topological polar surface area (TPSA) is 109 Å². The summed E-state index contributed by atoms with van der Waals surface area (Å²) in [4.78, 5) is 36.5. The molecule has 0 radical (unpaired) electrons. The first-order valence-corrected chi connectivity index (χ1v) is 10.4. The minimum atomic E-state index is -0.450. The third kappa shape index (κ3) is 6.51. The molecule has 0 bridgehead atoms. The van der Waals surface area contributed by atoms with Gasteiger partial charge in [0.25, 0.3) is 11.8 Å². The molecule has 31 heavy (non-hydrogen) atoms. The Kier molecular flexibility index (Phi) is 7.55. The van der Waals surface area contributed by atoms with Crippen molar-refractivity contribution in [3.8, 4) is 5.75 Å². The van der Waals surface area contributed by atoms with Gasteiger partial charge in [-0.05, 0) is 67.9 Å². The van der Waals surface area contributed by atoms with Crippen molar-refractivity contribution in [2.24, 2.45) is 5.92 Å². The third-order valence-corrected chi connectivity index (χ3v) is 4.68. The van der Waals surface area contributed by atoms with Gasteiger partial charge in [-0.1, -0.05) is 19.1 Å². The first-order chi connectivity index (χ1) is 15.0. The zero-order valence-electron chi connectivity index (χ0n) is 17.1. The second-order valence-electron chi connectivity index (χ2n) is 7.05. The number of anilines is 1. The molecule has 0 aromatic heterocycles. The molecule has 1 aliphatic rings. The lowest BCUT2D eigenvalue weighted by Gasteiger charge is -2.13. The van der Waals surface area contributed by atoms with Crippen molar-refractivity contribution in [3.63, 3.8) is 0 Å². The zero-order chi connectivity index (χ0) is 22.2. The molecule has 3 amide bonds. The van der Waals surface area contributed by atoms with Crippen LogP contribution in [0.3, 0.4) is 0 Å². The van der Waals surface area contributed by atoms with Gasteiger partial charge in [-0.15, -0.1) is 0 Å². The van der Waals surface area contributed by atoms with E-state index in [0.29, 0.717) is 29.2 Å². The minimum Gasteiger partial charge on any atom is -0.493 e. The maximum absolute atomic E-state index is 12.5. The van der Waals surface area contributed by atoms with Crippen LogP contribution >= 0.6 is 12.2 Å². The van der Waals surface area contributed by atoms with Crippen molar-refractivity contribution in [2.75, 3.05) is 11.9 Å². The second kappa shape index (κ2) is 10.5. The number of rotatable bonds is 7. The van der Waals surface area contributed by atoms with Crippen LogP contribution in [0.1, 0.15) is 46.9 Å². The lowest BCUT2D eigenvalue weighted by Crippen LogP contribution is -2.48. The number of carbonyl (C=O) groups is 3. The number of hydrogen-bond donors (Lipinski definition) is 4. The molecule has 9 heteroatoms. The van der Waals surface area contributed by atoms with Gasteiger partial charge >= 0.3 is 0 Å². The largest absolute Gasteiger partial charge is 0.493 e. The lowest BCUT2D eigenvalue weighted by atomic mass is 10.2. The number of para-hydroxylation sites is 1. The highest BCUT2D eigenvalue weighted by molar-refractivity contribution is 7.80. The van der Waals surface area contributed by atoms with Crippen molar-refractivity contribution < 1.29 is 19.1 Å². The molecule has 1 fully saturated rings. The Hall–Kier alpha value is -3.46. The first kappa shape index (κ1) is 22.2. The predicted molar refractivity (Wildman–Crippen MR) is 121 cm³/mol. The SMILES string of the molecule is CCCOc1ccccc1C(=O)NC(=S)NNC(=O)c1ccc(NC(=O)C2CC2)cc1. The van der Waals surface area contributed by atoms with Crippen LogP contribution in [-0.4, -0.2) is 29.4 Å². The zero-order valence-corrected chi connectivity index (χ0v) is 17.9. The van der Waals surface area contributed by atoms with Crippen molar-refractivity contribution in [3.05, 3.63) is 59.7 Å². The summed E-state index contributed by atoms with van der Waals surface area (Å²) < 4.78 is 5.57. The van der Waals surface area contributed by atoms with Crippen LogP contribution in [0.4, 0.5) is 5.69 Å². The molecule has 0 saturated heterocycles. The van der Waals surface area contributed by atoms with Gasteiger partial charge in [-0.3, -0.25) is 30.6 Å². The Labute approximate surface area is 185 Å². The average Bonchev–Trinajstić information content (AvgIpc) is 3.62. The van der Waals surface area contributed by atoms with Crippen LogP contribution in [0.15, 0.2) is 48.5 Å². The summed E-state index contributed by atoms with van der Waals surface area (Å²) >= 11 is 5.08. The summed E-state index contributed by atoms with van der Waals surface area (Å²) in [5.74, 6) is -0.324. The molecular weight excluding hydrogens is 416 g/mol. The van der Waals surface area contributed by atoms with Gasteiger partial charge in [0.1, 0.15) is 5.75 Å². The summed E-state index contributed by atoms with van der Waals surface area (Å²) in [6, 6.07) is 13.3. The maximum atomic E-state index is 12.5. The van der Waals surface area contributed by atoms with Crippen molar-refractivity contribution in [1.29, 1.82) is 0 Å². The van der Waals surface area contributed by atoms with Crippen LogP contribution in [0.5, 0.6) is 5.75 Å². The van der Waals surface area contributed by atoms with Gasteiger partial charge in [-0.25, -0.2) is 0 Å². The molecule has 1 saturated carbocycles. The van der Waals surface area contributed by atoms with Gasteiger partial charge in [-0.2, -0.15) is 0 Å². The van der Waals surface area contributed by atoms with E-state index in [2.05, 4.69) is 21.5 Å². The van der Waals surface area contributed by atoms with E-state index in [4.69, 9.17) is 17.0 Å². The fourth-order valence-electron chi connectivity index (χ4n) is 2.67. The summed E-state index contributed by atoms with van der Waals surface area (Å²) in [7, 11) is 0. The van der Waals surface area contributed by atoms with E-state index >= 15 is 0 Å². The van der Waals surface area contributed by atoms with Crippen molar-refractivity contribution in [1.82, 2.24) is 16.2 Å². The molecule has 2 aromatic carbocycles. The van der Waals surface area contributed by atoms with Gasteiger partial charge in [0.15, 0.2) is 5.11 Å². The van der Waals surface area contributed by atoms with E-state index in [0.717, 1.165) is 19.3 Å². The molecule has 162 valence electrons. The number of amides is 3. The molecule has 8 nitrogen and oxygen atoms in total. The third-order valence-electron chi connectivity index (χ3n) is 4.47. The highest BCUT2D eigenvalue weighted by Gasteiger charge is 2.29. The fourth-order valence-corrected chi connectivity index (χ4v) is 2.82. The summed E-state index contributed by atoms with van der Waals surface area (Å²) in [6.45, 7) is 2.47. The van der Waals surface area contributed by atoms with E-state index in [1.54, 1.807) is 48.5 Å². The highest BCUT2D eigenvalue weighted by atomic mass is 32.1. The van der Waals surface area contributed by atoms with E-state index in [1.807, 2.05) is 6.92 Å². The number of hydrogen-bond acceptors (Lipinski definition) is 5. The quantitative estimate of drug-likeness (QED) is 0.390. The molecule has 0 atom stereocenters. The summed E-state index contributed by atoms with van der Waals surface area (Å²) in [5, 5.41) is 5.26. The van der Waals surface area contributed by atoms with E-state index in [-0.39, 0.29) is 16.9 Å². The molecule has 1 aliphatic carbocycles. The van der Waals surface area contributed by atoms with Gasteiger partial charge in [0.05, 0.1) is 12.2 Å². The molecular formula is C22H24N4O4S. The molecule has 0 spiro atoms. The van der Waals surface area contributed by atoms with E-state index in [9.17, 15) is 14.4 Å². The molecule has 0 aliphatic heterocycles. The Bertz CT molecular complexity index is 974. The number of benzene rings is 2. The predicted octanol–water partition coefficient (Wildman–Crippen LogP) is 2.77. The van der Waals surface area contributed by atoms with E-state index < -0.39 is 11.8 Å². The van der Waals surface area contributed by atoms with Crippen LogP contribution in [-0.2, 0) is 4.79 Å². The van der Waals surface area contributed by atoms with Crippen molar-refractivity contribution >= 4 is 40.7 Å². The monoisotopic (exact) mass is 440 g/mol.